The van der Waals surface area contributed by atoms with Crippen LogP contribution in [-0.4, -0.2) is 34.4 Å². The quantitative estimate of drug-likeness (QED) is 0.494. The van der Waals surface area contributed by atoms with E-state index in [4.69, 9.17) is 9.47 Å². The Hall–Kier alpha value is -2.70. The fourth-order valence-corrected chi connectivity index (χ4v) is 2.90. The van der Waals surface area contributed by atoms with E-state index < -0.39 is 24.1 Å². The van der Waals surface area contributed by atoms with E-state index in [1.165, 1.54) is 0 Å². The lowest BCUT2D eigenvalue weighted by Gasteiger charge is -2.17. The molecule has 6 heteroatoms. The lowest BCUT2D eigenvalue weighted by molar-refractivity contribution is -0.144. The number of carbonyl (C=O) groups excluding carboxylic acids is 2. The van der Waals surface area contributed by atoms with Gasteiger partial charge in [0.1, 0.15) is 11.5 Å². The molecule has 0 aliphatic heterocycles. The van der Waals surface area contributed by atoms with Crippen molar-refractivity contribution in [2.45, 2.75) is 58.2 Å². The number of benzene rings is 2. The fraction of sp³-hybridized carbons (Fsp3) is 0.391. The molecule has 0 saturated heterocycles. The van der Waals surface area contributed by atoms with E-state index >= 15 is 0 Å². The molecule has 156 valence electrons. The molecule has 0 amide bonds. The van der Waals surface area contributed by atoms with Crippen LogP contribution in [0.1, 0.15) is 57.1 Å². The molecule has 0 fully saturated rings. The summed E-state index contributed by atoms with van der Waals surface area (Å²) in [5.41, 5.74) is 2.10. The second-order valence-electron chi connectivity index (χ2n) is 6.79. The topological polar surface area (TPSA) is 93.1 Å². The van der Waals surface area contributed by atoms with Crippen LogP contribution in [0.3, 0.4) is 0 Å². The second kappa shape index (κ2) is 10.7. The third-order valence-corrected chi connectivity index (χ3v) is 4.73. The summed E-state index contributed by atoms with van der Waals surface area (Å²) in [6.07, 6.45) is -0.788. The monoisotopic (exact) mass is 400 g/mol. The van der Waals surface area contributed by atoms with Crippen LogP contribution in [0.4, 0.5) is 0 Å². The normalized spacial score (nSPS) is 14.0. The summed E-state index contributed by atoms with van der Waals surface area (Å²) in [6, 6.07) is 14.4. The van der Waals surface area contributed by atoms with Crippen LogP contribution in [0.25, 0.3) is 0 Å². The van der Waals surface area contributed by atoms with Crippen LogP contribution < -0.4 is 9.47 Å². The van der Waals surface area contributed by atoms with Gasteiger partial charge in [-0.3, -0.25) is 0 Å². The Morgan fingerprint density at radius 1 is 0.690 bits per heavy atom. The van der Waals surface area contributed by atoms with Gasteiger partial charge in [-0.1, -0.05) is 45.0 Å². The van der Waals surface area contributed by atoms with E-state index in [0.717, 1.165) is 17.5 Å². The maximum atomic E-state index is 11.7. The van der Waals surface area contributed by atoms with E-state index in [1.54, 1.807) is 38.1 Å². The molecule has 0 aromatic heterocycles. The van der Waals surface area contributed by atoms with Gasteiger partial charge in [0.15, 0.2) is 12.2 Å². The zero-order valence-electron chi connectivity index (χ0n) is 17.0. The highest BCUT2D eigenvalue weighted by Gasteiger charge is 2.18. The maximum Gasteiger partial charge on any atom is 0.340 e. The molecule has 6 nitrogen and oxygen atoms in total. The molecule has 0 radical (unpaired) electrons. The van der Waals surface area contributed by atoms with E-state index in [2.05, 4.69) is 6.92 Å². The molecule has 0 bridgehead atoms. The second-order valence-corrected chi connectivity index (χ2v) is 6.79. The molecule has 2 aromatic rings. The van der Waals surface area contributed by atoms with Crippen molar-refractivity contribution in [1.29, 1.82) is 0 Å². The smallest absolute Gasteiger partial charge is 0.340 e. The summed E-state index contributed by atoms with van der Waals surface area (Å²) < 4.78 is 10.3. The summed E-state index contributed by atoms with van der Waals surface area (Å²) in [4.78, 5) is 23.4. The van der Waals surface area contributed by atoms with Gasteiger partial charge in [-0.05, 0) is 54.7 Å². The minimum Gasteiger partial charge on any atom is -0.425 e. The predicted molar refractivity (Wildman–Crippen MR) is 109 cm³/mol. The van der Waals surface area contributed by atoms with Gasteiger partial charge >= 0.3 is 11.9 Å². The maximum absolute atomic E-state index is 11.7. The first-order chi connectivity index (χ1) is 13.9. The molecule has 29 heavy (non-hydrogen) atoms. The molecule has 2 unspecified atom stereocenters. The summed E-state index contributed by atoms with van der Waals surface area (Å²) in [5.74, 6) is -0.432. The number of hydrogen-bond donors (Lipinski definition) is 2. The Bertz CT molecular complexity index is 730. The highest BCUT2D eigenvalue weighted by molar-refractivity contribution is 5.77. The molecular formula is C23H28O6. The van der Waals surface area contributed by atoms with Crippen molar-refractivity contribution in [1.82, 2.24) is 0 Å². The van der Waals surface area contributed by atoms with Crippen LogP contribution >= 0.6 is 0 Å². The van der Waals surface area contributed by atoms with E-state index in [-0.39, 0.29) is 5.92 Å². The zero-order chi connectivity index (χ0) is 21.4. The van der Waals surface area contributed by atoms with Crippen molar-refractivity contribution in [3.8, 4) is 11.5 Å². The molecular weight excluding hydrogens is 372 g/mol. The van der Waals surface area contributed by atoms with Crippen molar-refractivity contribution < 1.29 is 29.3 Å². The van der Waals surface area contributed by atoms with Gasteiger partial charge in [0.2, 0.25) is 0 Å². The van der Waals surface area contributed by atoms with Crippen molar-refractivity contribution in [2.75, 3.05) is 0 Å². The molecule has 0 spiro atoms. The zero-order valence-corrected chi connectivity index (χ0v) is 17.0. The molecule has 0 saturated carbocycles. The van der Waals surface area contributed by atoms with Gasteiger partial charge < -0.3 is 19.7 Å². The Balaban J connectivity index is 2.09. The van der Waals surface area contributed by atoms with Crippen LogP contribution in [0.5, 0.6) is 11.5 Å². The summed E-state index contributed by atoms with van der Waals surface area (Å²) in [6.45, 7) is 5.49. The van der Waals surface area contributed by atoms with Crippen molar-refractivity contribution in [3.63, 3.8) is 0 Å². The first-order valence-corrected chi connectivity index (χ1v) is 9.88. The molecule has 0 aliphatic carbocycles. The first kappa shape index (κ1) is 22.6. The molecule has 2 atom stereocenters. The van der Waals surface area contributed by atoms with Crippen LogP contribution in [0.15, 0.2) is 48.5 Å². The summed E-state index contributed by atoms with van der Waals surface area (Å²) in [5, 5.41) is 19.0. The summed E-state index contributed by atoms with van der Waals surface area (Å²) >= 11 is 0. The number of aliphatic hydroxyl groups is 2. The summed E-state index contributed by atoms with van der Waals surface area (Å²) in [7, 11) is 0. The lowest BCUT2D eigenvalue weighted by atomic mass is 9.89. The standard InChI is InChI=1S/C23H28O6/c1-4-19(15-7-11-17(12-8-15)28-22(26)20(24)5-2)16-9-13-18(14-10-16)29-23(27)21(25)6-3/h7-14,19-21,24-25H,4-6H2,1-3H3. The largest absolute Gasteiger partial charge is 0.425 e. The van der Waals surface area contributed by atoms with Gasteiger partial charge in [0.05, 0.1) is 0 Å². The number of rotatable bonds is 9. The third kappa shape index (κ3) is 6.14. The number of carbonyl (C=O) groups is 2. The molecule has 2 aromatic carbocycles. The van der Waals surface area contributed by atoms with Gasteiger partial charge in [0, 0.05) is 5.92 Å². The Morgan fingerprint density at radius 2 is 1.03 bits per heavy atom. The SMILES string of the molecule is CCC(O)C(=O)Oc1ccc(C(CC)c2ccc(OC(=O)C(O)CC)cc2)cc1. The molecule has 0 heterocycles. The molecule has 2 rings (SSSR count). The number of ether oxygens (including phenoxy) is 2. The number of hydrogen-bond acceptors (Lipinski definition) is 6. The van der Waals surface area contributed by atoms with Gasteiger partial charge in [-0.2, -0.15) is 0 Å². The predicted octanol–water partition coefficient (Wildman–Crippen LogP) is 3.58. The Labute approximate surface area is 171 Å². The molecule has 0 aliphatic rings. The van der Waals surface area contributed by atoms with E-state index in [1.807, 2.05) is 24.3 Å². The lowest BCUT2D eigenvalue weighted by Crippen LogP contribution is -2.24. The van der Waals surface area contributed by atoms with E-state index in [0.29, 0.717) is 24.3 Å². The average Bonchev–Trinajstić information content (AvgIpc) is 2.75. The van der Waals surface area contributed by atoms with Crippen LogP contribution in [-0.2, 0) is 9.59 Å². The molecule has 2 N–H and O–H groups in total. The van der Waals surface area contributed by atoms with Gasteiger partial charge in [-0.15, -0.1) is 0 Å². The van der Waals surface area contributed by atoms with Crippen molar-refractivity contribution in [3.05, 3.63) is 59.7 Å². The highest BCUT2D eigenvalue weighted by atomic mass is 16.6. The fourth-order valence-electron chi connectivity index (χ4n) is 2.90. The van der Waals surface area contributed by atoms with Crippen molar-refractivity contribution in [2.24, 2.45) is 0 Å². The minimum absolute atomic E-state index is 0.118. The van der Waals surface area contributed by atoms with Crippen LogP contribution in [0.2, 0.25) is 0 Å². The average molecular weight is 400 g/mol. The Morgan fingerprint density at radius 3 is 1.31 bits per heavy atom. The minimum atomic E-state index is -1.12. The van der Waals surface area contributed by atoms with Gasteiger partial charge in [0.25, 0.3) is 0 Å². The first-order valence-electron chi connectivity index (χ1n) is 9.88. The third-order valence-electron chi connectivity index (χ3n) is 4.73. The van der Waals surface area contributed by atoms with Gasteiger partial charge in [-0.25, -0.2) is 9.59 Å². The highest BCUT2D eigenvalue weighted by Crippen LogP contribution is 2.30. The van der Waals surface area contributed by atoms with E-state index in [9.17, 15) is 19.8 Å². The van der Waals surface area contributed by atoms with Crippen LogP contribution in [0, 0.1) is 0 Å². The van der Waals surface area contributed by atoms with Crippen molar-refractivity contribution >= 4 is 11.9 Å². The Kier molecular flexibility index (Phi) is 8.36. The number of aliphatic hydroxyl groups excluding tert-OH is 2. The number of esters is 2.